The van der Waals surface area contributed by atoms with Gasteiger partial charge < -0.3 is 47.9 Å². The summed E-state index contributed by atoms with van der Waals surface area (Å²) in [6.07, 6.45) is -1.77. The van der Waals surface area contributed by atoms with Crippen LogP contribution in [0.5, 0.6) is 0 Å². The topological polar surface area (TPSA) is 152 Å². The number of ketones is 1. The van der Waals surface area contributed by atoms with Crippen LogP contribution in [0.1, 0.15) is 134 Å². The summed E-state index contributed by atoms with van der Waals surface area (Å²) in [5.41, 5.74) is -2.76. The van der Waals surface area contributed by atoms with Gasteiger partial charge in [0.25, 0.3) is 0 Å². The number of rotatable bonds is 12. The summed E-state index contributed by atoms with van der Waals surface area (Å²) in [4.78, 5) is 48.5. The Kier molecular flexibility index (Phi) is 18.4. The van der Waals surface area contributed by atoms with Crippen molar-refractivity contribution in [2.45, 2.75) is 219 Å². The molecule has 69 heavy (non-hydrogen) atoms. The van der Waals surface area contributed by atoms with Crippen LogP contribution in [0.15, 0.2) is 18.2 Å². The molecule has 1 aromatic rings. The van der Waals surface area contributed by atoms with E-state index in [4.69, 9.17) is 61.1 Å². The van der Waals surface area contributed by atoms with Gasteiger partial charge in [0.2, 0.25) is 0 Å². The Morgan fingerprint density at radius 2 is 1.45 bits per heavy atom. The molecule has 0 radical (unpaired) electrons. The lowest BCUT2D eigenvalue weighted by Gasteiger charge is -2.49. The third kappa shape index (κ3) is 11.8. The third-order valence-electron chi connectivity index (χ3n) is 17.4. The van der Waals surface area contributed by atoms with Crippen LogP contribution in [0.25, 0.3) is 0 Å². The van der Waals surface area contributed by atoms with Crippen molar-refractivity contribution in [1.29, 1.82) is 0 Å². The minimum Gasteiger partial charge on any atom is -0.458 e. The van der Waals surface area contributed by atoms with Crippen LogP contribution in [0.2, 0.25) is 10.0 Å². The number of fused-ring (bicyclic) bond motifs is 1. The number of carbonyl (C=O) groups is 3. The van der Waals surface area contributed by atoms with Gasteiger partial charge in [-0.3, -0.25) is 14.5 Å². The quantitative estimate of drug-likeness (QED) is 0.198. The molecule has 5 fully saturated rings. The highest BCUT2D eigenvalue weighted by molar-refractivity contribution is 6.42. The summed E-state index contributed by atoms with van der Waals surface area (Å²) < 4.78 is 52.7. The molecule has 392 valence electrons. The Labute approximate surface area is 422 Å². The minimum atomic E-state index is -1.43. The number of Topliss-reactive ketones (excluding diaryl/α,β-unsaturated/α-hetero) is 1. The molecule has 1 saturated carbocycles. The van der Waals surface area contributed by atoms with Crippen molar-refractivity contribution in [2.24, 2.45) is 35.5 Å². The zero-order chi connectivity index (χ0) is 51.1. The summed E-state index contributed by atoms with van der Waals surface area (Å²) in [7, 11) is 5.40. The highest BCUT2D eigenvalue weighted by Gasteiger charge is 2.61. The van der Waals surface area contributed by atoms with Gasteiger partial charge in [-0.15, -0.1) is 0 Å². The maximum Gasteiger partial charge on any atom is 0.410 e. The Bertz CT molecular complexity index is 1940. The molecule has 1 N–H and O–H groups in total. The first kappa shape index (κ1) is 56.2. The predicted molar refractivity (Wildman–Crippen MR) is 264 cm³/mol. The molecule has 0 bridgehead atoms. The highest BCUT2D eigenvalue weighted by atomic mass is 35.5. The van der Waals surface area contributed by atoms with Gasteiger partial charge in [-0.25, -0.2) is 4.79 Å². The Hall–Kier alpha value is -2.11. The molecule has 2 unspecified atom stereocenters. The number of aliphatic hydroxyl groups excluding tert-OH is 1. The van der Waals surface area contributed by atoms with Gasteiger partial charge in [-0.1, -0.05) is 70.8 Å². The van der Waals surface area contributed by atoms with E-state index in [0.717, 1.165) is 24.8 Å². The summed E-state index contributed by atoms with van der Waals surface area (Å²) in [5, 5.41) is 12.0. The number of benzene rings is 1. The van der Waals surface area contributed by atoms with Crippen molar-refractivity contribution in [3.05, 3.63) is 33.8 Å². The molecule has 6 rings (SSSR count). The summed E-state index contributed by atoms with van der Waals surface area (Å²) >= 11 is 12.6. The number of nitrogens with zero attached hydrogens (tertiary/aromatic N) is 2. The van der Waals surface area contributed by atoms with E-state index < -0.39 is 102 Å². The lowest BCUT2D eigenvalue weighted by Crippen LogP contribution is -2.60. The van der Waals surface area contributed by atoms with E-state index in [1.165, 1.54) is 0 Å². The molecule has 1 amide bonds. The largest absolute Gasteiger partial charge is 0.458 e. The van der Waals surface area contributed by atoms with Crippen LogP contribution in [0.3, 0.4) is 0 Å². The SMILES string of the molecule is CC[C@@H]1OC(=O)[C@H](C)[C@@H](O[C@H]2C[C@@](C)(OC)[C@@H](O)[C@H](C)O2)[C@H](C)[C@@H](O[C@H]2C[C@@H](N(C)C3CC(C)C(C)C3)C[C@@H](C)O2)[C@@](C)(OC)C[C@@H](C)C(=O)[C@@H](C)[C@H]2N(CCc3ccc(Cl)c(Cl)c3)C(=O)O[C@]12C. The lowest BCUT2D eigenvalue weighted by molar-refractivity contribution is -0.309. The van der Waals surface area contributed by atoms with E-state index in [9.17, 15) is 9.90 Å². The number of amides is 1. The minimum absolute atomic E-state index is 0.107. The number of hydrogen-bond acceptors (Lipinski definition) is 13. The Balaban J connectivity index is 1.42. The molecule has 0 spiro atoms. The standard InChI is InChI=1S/C53H84Cl2N2O12/c1-16-41-53(12)46(57(50(61)69-53)20-19-36-17-18-39(54)40(55)24-36)32(6)44(58)30(4)26-52(11,63-15)48(68-42-25-38(23-31(5)64-42)56(13)37-21-28(2)29(3)22-37)33(7)45(34(8)49(60)66-41)67-43-27-51(10,62-14)47(59)35(9)65-43/h17-18,24,28-35,37-38,41-43,45-48,59H,16,19-23,25-27H2,1-15H3/t28?,29?,30-,31-,32-,33+,34-,35+,37?,38+,41+,42+,43+,45+,46-,47+,48-,51-,52+,53-/m1/s1. The number of methoxy groups -OCH3 is 2. The molecule has 4 heterocycles. The monoisotopic (exact) mass is 1010 g/mol. The van der Waals surface area contributed by atoms with Gasteiger partial charge in [0.1, 0.15) is 18.0 Å². The fraction of sp³-hybridized carbons (Fsp3) is 0.830. The number of aliphatic hydroxyl groups is 1. The normalized spacial score (nSPS) is 43.9. The molecule has 4 saturated heterocycles. The molecule has 0 aromatic heterocycles. The van der Waals surface area contributed by atoms with Crippen LogP contribution < -0.4 is 0 Å². The van der Waals surface area contributed by atoms with Crippen LogP contribution in [-0.2, 0) is 53.9 Å². The zero-order valence-electron chi connectivity index (χ0n) is 44.0. The molecular formula is C53H84Cl2N2O12. The van der Waals surface area contributed by atoms with Gasteiger partial charge in [-0.2, -0.15) is 0 Å². The summed E-state index contributed by atoms with van der Waals surface area (Å²) in [5.74, 6) is -2.32. The number of halogens is 2. The van der Waals surface area contributed by atoms with E-state index in [2.05, 4.69) is 32.7 Å². The molecule has 1 aromatic carbocycles. The first-order chi connectivity index (χ1) is 32.3. The Morgan fingerprint density at radius 3 is 2.06 bits per heavy atom. The number of esters is 1. The molecule has 1 aliphatic carbocycles. The lowest BCUT2D eigenvalue weighted by atomic mass is 9.73. The molecule has 5 aliphatic rings. The van der Waals surface area contributed by atoms with E-state index in [0.29, 0.717) is 40.8 Å². The number of cyclic esters (lactones) is 1. The second kappa shape index (κ2) is 22.6. The smallest absolute Gasteiger partial charge is 0.410 e. The van der Waals surface area contributed by atoms with Crippen molar-refractivity contribution in [1.82, 2.24) is 9.80 Å². The molecule has 14 nitrogen and oxygen atoms in total. The molecule has 4 aliphatic heterocycles. The zero-order valence-corrected chi connectivity index (χ0v) is 45.5. The van der Waals surface area contributed by atoms with Gasteiger partial charge in [0, 0.05) is 63.4 Å². The average Bonchev–Trinajstić information content (AvgIpc) is 3.78. The van der Waals surface area contributed by atoms with Crippen molar-refractivity contribution in [2.75, 3.05) is 27.8 Å². The maximum absolute atomic E-state index is 15.2. The fourth-order valence-electron chi connectivity index (χ4n) is 12.7. The van der Waals surface area contributed by atoms with Crippen molar-refractivity contribution >= 4 is 41.0 Å². The summed E-state index contributed by atoms with van der Waals surface area (Å²) in [6.45, 7) is 23.6. The number of hydrogen-bond donors (Lipinski definition) is 1. The first-order valence-electron chi connectivity index (χ1n) is 25.6. The van der Waals surface area contributed by atoms with Crippen LogP contribution in [0, 0.1) is 35.5 Å². The molecule has 19 atom stereocenters. The molecule has 16 heteroatoms. The summed E-state index contributed by atoms with van der Waals surface area (Å²) in [6, 6.07) is 5.16. The van der Waals surface area contributed by atoms with Crippen LogP contribution >= 0.6 is 23.2 Å². The van der Waals surface area contributed by atoms with Gasteiger partial charge >= 0.3 is 12.1 Å². The maximum atomic E-state index is 15.2. The molecular weight excluding hydrogens is 927 g/mol. The predicted octanol–water partition coefficient (Wildman–Crippen LogP) is 9.29. The fourth-order valence-corrected chi connectivity index (χ4v) is 13.0. The van der Waals surface area contributed by atoms with E-state index in [1.807, 2.05) is 47.6 Å². The third-order valence-corrected chi connectivity index (χ3v) is 18.1. The van der Waals surface area contributed by atoms with Crippen LogP contribution in [-0.4, -0.2) is 145 Å². The number of carbonyl (C=O) groups excluding carboxylic acids is 3. The van der Waals surface area contributed by atoms with Gasteiger partial charge in [-0.05, 0) is 117 Å². The first-order valence-corrected chi connectivity index (χ1v) is 26.4. The average molecular weight is 1010 g/mol. The highest BCUT2D eigenvalue weighted by Crippen LogP contribution is 2.45. The van der Waals surface area contributed by atoms with Crippen molar-refractivity contribution in [3.63, 3.8) is 0 Å². The van der Waals surface area contributed by atoms with Gasteiger partial charge in [0.15, 0.2) is 18.2 Å². The second-order valence-corrected chi connectivity index (χ2v) is 23.1. The second-order valence-electron chi connectivity index (χ2n) is 22.3. The van der Waals surface area contributed by atoms with E-state index in [-0.39, 0.29) is 43.7 Å². The van der Waals surface area contributed by atoms with Gasteiger partial charge in [0.05, 0.1) is 57.6 Å². The van der Waals surface area contributed by atoms with Crippen molar-refractivity contribution < 1.29 is 57.4 Å². The van der Waals surface area contributed by atoms with E-state index >= 15 is 9.59 Å². The number of ether oxygens (including phenoxy) is 8. The Morgan fingerprint density at radius 1 is 0.812 bits per heavy atom. The van der Waals surface area contributed by atoms with E-state index in [1.54, 1.807) is 52.0 Å². The van der Waals surface area contributed by atoms with Crippen molar-refractivity contribution in [3.8, 4) is 0 Å². The van der Waals surface area contributed by atoms with Crippen LogP contribution in [0.4, 0.5) is 4.79 Å².